The standard InChI is InChI=1S/C12H25N3O3/c1-9(2)8-10(11(16)17)13-12(18)15(5)7-6-14(3)4/h9-10H,6-8H2,1-5H3,(H,13,18)(H,16,17)/t10-/m1/s1. The number of aliphatic carboxylic acids is 1. The molecule has 2 N–H and O–H groups in total. The fraction of sp³-hybridized carbons (Fsp3) is 0.833. The summed E-state index contributed by atoms with van der Waals surface area (Å²) in [7, 11) is 5.50. The summed E-state index contributed by atoms with van der Waals surface area (Å²) in [5.74, 6) is -0.767. The van der Waals surface area contributed by atoms with Crippen molar-refractivity contribution in [1.82, 2.24) is 15.1 Å². The number of amides is 2. The van der Waals surface area contributed by atoms with E-state index in [0.717, 1.165) is 6.54 Å². The van der Waals surface area contributed by atoms with Crippen LogP contribution in [0.5, 0.6) is 0 Å². The quantitative estimate of drug-likeness (QED) is 0.705. The van der Waals surface area contributed by atoms with Gasteiger partial charge in [0.15, 0.2) is 0 Å². The molecule has 0 bridgehead atoms. The number of carboxylic acid groups (broad SMARTS) is 1. The average Bonchev–Trinajstić information content (AvgIpc) is 2.23. The summed E-state index contributed by atoms with van der Waals surface area (Å²) >= 11 is 0. The molecular formula is C12H25N3O3. The Morgan fingerprint density at radius 1 is 1.17 bits per heavy atom. The first-order valence-electron chi connectivity index (χ1n) is 6.13. The van der Waals surface area contributed by atoms with Gasteiger partial charge in [0.05, 0.1) is 0 Å². The van der Waals surface area contributed by atoms with Crippen LogP contribution < -0.4 is 5.32 Å². The molecule has 0 heterocycles. The molecule has 0 fully saturated rings. The van der Waals surface area contributed by atoms with Crippen LogP contribution in [0.1, 0.15) is 20.3 Å². The Morgan fingerprint density at radius 3 is 2.11 bits per heavy atom. The molecule has 0 rings (SSSR count). The normalized spacial score (nSPS) is 12.6. The van der Waals surface area contributed by atoms with Crippen LogP contribution in [0.4, 0.5) is 4.79 Å². The molecule has 6 heteroatoms. The number of hydrogen-bond acceptors (Lipinski definition) is 3. The number of carbonyl (C=O) groups is 2. The molecule has 0 aromatic rings. The first-order chi connectivity index (χ1) is 8.23. The highest BCUT2D eigenvalue weighted by Crippen LogP contribution is 2.05. The average molecular weight is 259 g/mol. The van der Waals surface area contributed by atoms with Crippen LogP contribution in [-0.2, 0) is 4.79 Å². The molecule has 0 unspecified atom stereocenters. The van der Waals surface area contributed by atoms with E-state index in [1.165, 1.54) is 4.90 Å². The molecule has 6 nitrogen and oxygen atoms in total. The van der Waals surface area contributed by atoms with Gasteiger partial charge in [-0.05, 0) is 26.4 Å². The maximum absolute atomic E-state index is 11.8. The van der Waals surface area contributed by atoms with Gasteiger partial charge in [-0.3, -0.25) is 0 Å². The number of nitrogens with zero attached hydrogens (tertiary/aromatic N) is 2. The fourth-order valence-corrected chi connectivity index (χ4v) is 1.40. The lowest BCUT2D eigenvalue weighted by molar-refractivity contribution is -0.139. The van der Waals surface area contributed by atoms with Crippen molar-refractivity contribution >= 4 is 12.0 Å². The molecule has 0 aromatic heterocycles. The molecule has 18 heavy (non-hydrogen) atoms. The van der Waals surface area contributed by atoms with E-state index in [2.05, 4.69) is 5.32 Å². The second kappa shape index (κ2) is 7.92. The molecule has 0 aliphatic heterocycles. The second-order valence-corrected chi connectivity index (χ2v) is 5.19. The Morgan fingerprint density at radius 2 is 1.72 bits per heavy atom. The Labute approximate surface area is 109 Å². The second-order valence-electron chi connectivity index (χ2n) is 5.19. The van der Waals surface area contributed by atoms with Crippen molar-refractivity contribution in [1.29, 1.82) is 0 Å². The molecule has 0 aliphatic rings. The third-order valence-electron chi connectivity index (χ3n) is 2.53. The maximum atomic E-state index is 11.8. The van der Waals surface area contributed by atoms with Crippen molar-refractivity contribution in [2.24, 2.45) is 5.92 Å². The van der Waals surface area contributed by atoms with E-state index in [0.29, 0.717) is 13.0 Å². The van der Waals surface area contributed by atoms with E-state index in [1.54, 1.807) is 7.05 Å². The molecule has 0 aromatic carbocycles. The van der Waals surface area contributed by atoms with E-state index >= 15 is 0 Å². The van der Waals surface area contributed by atoms with Gasteiger partial charge in [-0.15, -0.1) is 0 Å². The molecular weight excluding hydrogens is 234 g/mol. The first kappa shape index (κ1) is 16.7. The van der Waals surface area contributed by atoms with Crippen molar-refractivity contribution in [2.45, 2.75) is 26.3 Å². The Balaban J connectivity index is 4.27. The zero-order valence-electron chi connectivity index (χ0n) is 11.9. The molecule has 0 saturated heterocycles. The minimum absolute atomic E-state index is 0.221. The third kappa shape index (κ3) is 7.11. The molecule has 0 spiro atoms. The summed E-state index contributed by atoms with van der Waals surface area (Å²) in [5, 5.41) is 11.6. The summed E-state index contributed by atoms with van der Waals surface area (Å²) in [6.07, 6.45) is 0.433. The van der Waals surface area contributed by atoms with Gasteiger partial charge in [-0.25, -0.2) is 9.59 Å². The van der Waals surface area contributed by atoms with E-state index in [4.69, 9.17) is 5.11 Å². The number of likely N-dealkylation sites (N-methyl/N-ethyl adjacent to an activating group) is 2. The summed E-state index contributed by atoms with van der Waals surface area (Å²) in [6, 6.07) is -1.16. The van der Waals surface area contributed by atoms with Gasteiger partial charge in [-0.1, -0.05) is 13.8 Å². The minimum Gasteiger partial charge on any atom is -0.480 e. The van der Waals surface area contributed by atoms with E-state index < -0.39 is 12.0 Å². The predicted molar refractivity (Wildman–Crippen MR) is 70.6 cm³/mol. The molecule has 0 aliphatic carbocycles. The third-order valence-corrected chi connectivity index (χ3v) is 2.53. The molecule has 1 atom stereocenters. The summed E-state index contributed by atoms with van der Waals surface area (Å²) in [5.41, 5.74) is 0. The summed E-state index contributed by atoms with van der Waals surface area (Å²) in [4.78, 5) is 26.3. The number of nitrogens with one attached hydrogen (secondary N) is 1. The van der Waals surface area contributed by atoms with Crippen molar-refractivity contribution in [3.05, 3.63) is 0 Å². The zero-order chi connectivity index (χ0) is 14.3. The van der Waals surface area contributed by atoms with E-state index in [9.17, 15) is 9.59 Å². The highest BCUT2D eigenvalue weighted by atomic mass is 16.4. The zero-order valence-corrected chi connectivity index (χ0v) is 11.9. The van der Waals surface area contributed by atoms with Gasteiger partial charge in [0.25, 0.3) is 0 Å². The smallest absolute Gasteiger partial charge is 0.326 e. The van der Waals surface area contributed by atoms with Gasteiger partial charge < -0.3 is 20.2 Å². The Kier molecular flexibility index (Phi) is 7.35. The van der Waals surface area contributed by atoms with E-state index in [1.807, 2.05) is 32.8 Å². The van der Waals surface area contributed by atoms with Crippen LogP contribution in [0.15, 0.2) is 0 Å². The van der Waals surface area contributed by atoms with E-state index in [-0.39, 0.29) is 11.9 Å². The van der Waals surface area contributed by atoms with Crippen molar-refractivity contribution in [3.63, 3.8) is 0 Å². The summed E-state index contributed by atoms with van der Waals surface area (Å²) in [6.45, 7) is 5.16. The molecule has 0 radical (unpaired) electrons. The molecule has 2 amide bonds. The largest absolute Gasteiger partial charge is 0.480 e. The van der Waals surface area contributed by atoms with Gasteiger partial charge in [0.1, 0.15) is 6.04 Å². The number of rotatable bonds is 7. The number of carbonyl (C=O) groups excluding carboxylic acids is 1. The van der Waals surface area contributed by atoms with Crippen molar-refractivity contribution < 1.29 is 14.7 Å². The van der Waals surface area contributed by atoms with Crippen LogP contribution in [-0.4, -0.2) is 67.2 Å². The number of hydrogen-bond donors (Lipinski definition) is 2. The topological polar surface area (TPSA) is 72.9 Å². The molecule has 106 valence electrons. The van der Waals surface area contributed by atoms with Crippen LogP contribution in [0.3, 0.4) is 0 Å². The first-order valence-corrected chi connectivity index (χ1v) is 6.13. The van der Waals surface area contributed by atoms with Gasteiger partial charge in [0, 0.05) is 20.1 Å². The Bertz CT molecular complexity index is 280. The SMILES string of the molecule is CC(C)C[C@@H](NC(=O)N(C)CCN(C)C)C(=O)O. The van der Waals surface area contributed by atoms with Crippen molar-refractivity contribution in [2.75, 3.05) is 34.2 Å². The lowest BCUT2D eigenvalue weighted by Gasteiger charge is -2.23. The van der Waals surface area contributed by atoms with Crippen LogP contribution >= 0.6 is 0 Å². The van der Waals surface area contributed by atoms with Gasteiger partial charge in [-0.2, -0.15) is 0 Å². The monoisotopic (exact) mass is 259 g/mol. The van der Waals surface area contributed by atoms with Gasteiger partial charge >= 0.3 is 12.0 Å². The van der Waals surface area contributed by atoms with Crippen molar-refractivity contribution in [3.8, 4) is 0 Å². The fourth-order valence-electron chi connectivity index (χ4n) is 1.40. The van der Waals surface area contributed by atoms with Crippen LogP contribution in [0.2, 0.25) is 0 Å². The van der Waals surface area contributed by atoms with Gasteiger partial charge in [0.2, 0.25) is 0 Å². The van der Waals surface area contributed by atoms with Crippen LogP contribution in [0, 0.1) is 5.92 Å². The number of carboxylic acids is 1. The summed E-state index contributed by atoms with van der Waals surface area (Å²) < 4.78 is 0. The lowest BCUT2D eigenvalue weighted by atomic mass is 10.0. The minimum atomic E-state index is -0.988. The highest BCUT2D eigenvalue weighted by Gasteiger charge is 2.22. The van der Waals surface area contributed by atoms with Crippen LogP contribution in [0.25, 0.3) is 0 Å². The maximum Gasteiger partial charge on any atom is 0.326 e. The highest BCUT2D eigenvalue weighted by molar-refractivity contribution is 5.82. The Hall–Kier alpha value is -1.30. The lowest BCUT2D eigenvalue weighted by Crippen LogP contribution is -2.48. The number of urea groups is 1. The predicted octanol–water partition coefficient (Wildman–Crippen LogP) is 0.689. The molecule has 0 saturated carbocycles.